The first-order valence-electron chi connectivity index (χ1n) is 7.14. The summed E-state index contributed by atoms with van der Waals surface area (Å²) in [5.74, 6) is 1.88. The van der Waals surface area contributed by atoms with Crippen molar-refractivity contribution in [3.8, 4) is 23.0 Å². The van der Waals surface area contributed by atoms with Crippen molar-refractivity contribution < 1.29 is 23.7 Å². The molecule has 6 nitrogen and oxygen atoms in total. The number of ether oxygens (including phenoxy) is 4. The minimum atomic E-state index is -0.778. The van der Waals surface area contributed by atoms with Gasteiger partial charge in [0.2, 0.25) is 6.10 Å². The van der Waals surface area contributed by atoms with Crippen LogP contribution in [0.3, 0.4) is 0 Å². The van der Waals surface area contributed by atoms with Crippen LogP contribution in [0.1, 0.15) is 5.56 Å². The van der Waals surface area contributed by atoms with E-state index >= 15 is 0 Å². The highest BCUT2D eigenvalue weighted by Crippen LogP contribution is 2.35. The number of primary amides is 1. The van der Waals surface area contributed by atoms with Crippen molar-refractivity contribution in [2.75, 3.05) is 13.7 Å². The average Bonchev–Trinajstić information content (AvgIpc) is 2.59. The van der Waals surface area contributed by atoms with Crippen LogP contribution in [0.25, 0.3) is 0 Å². The summed E-state index contributed by atoms with van der Waals surface area (Å²) in [6.45, 7) is 0.525. The number of fused-ring (bicyclic) bond motifs is 1. The number of nitrogens with two attached hydrogens (primary N) is 1. The molecule has 23 heavy (non-hydrogen) atoms. The van der Waals surface area contributed by atoms with Gasteiger partial charge in [0.15, 0.2) is 11.5 Å². The largest absolute Gasteiger partial charge is 0.497 e. The predicted octanol–water partition coefficient (Wildman–Crippen LogP) is 1.90. The minimum absolute atomic E-state index is 0.119. The molecule has 0 spiro atoms. The maximum Gasteiger partial charge on any atom is 0.262 e. The normalized spacial score (nSPS) is 15.8. The molecule has 0 radical (unpaired) electrons. The average molecular weight is 315 g/mol. The summed E-state index contributed by atoms with van der Waals surface area (Å²) in [6, 6.07) is 12.8. The van der Waals surface area contributed by atoms with E-state index in [9.17, 15) is 4.79 Å². The van der Waals surface area contributed by atoms with Gasteiger partial charge in [0.25, 0.3) is 5.91 Å². The molecule has 0 aliphatic carbocycles. The smallest absolute Gasteiger partial charge is 0.262 e. The first kappa shape index (κ1) is 15.0. The maximum atomic E-state index is 11.2. The zero-order valence-electron chi connectivity index (χ0n) is 12.7. The lowest BCUT2D eigenvalue weighted by atomic mass is 10.2. The fourth-order valence-electron chi connectivity index (χ4n) is 2.17. The summed E-state index contributed by atoms with van der Waals surface area (Å²) in [5.41, 5.74) is 6.25. The predicted molar refractivity (Wildman–Crippen MR) is 82.9 cm³/mol. The van der Waals surface area contributed by atoms with E-state index < -0.39 is 12.0 Å². The molecule has 1 aliphatic heterocycles. The van der Waals surface area contributed by atoms with Gasteiger partial charge in [-0.2, -0.15) is 0 Å². The number of carbonyl (C=O) groups excluding carboxylic acids is 1. The van der Waals surface area contributed by atoms with Crippen molar-refractivity contribution in [1.82, 2.24) is 0 Å². The van der Waals surface area contributed by atoms with Gasteiger partial charge in [-0.25, -0.2) is 0 Å². The van der Waals surface area contributed by atoms with Gasteiger partial charge < -0.3 is 24.7 Å². The molecular weight excluding hydrogens is 298 g/mol. The zero-order valence-corrected chi connectivity index (χ0v) is 12.7. The van der Waals surface area contributed by atoms with E-state index in [0.29, 0.717) is 23.9 Å². The highest BCUT2D eigenvalue weighted by atomic mass is 16.6. The number of benzene rings is 2. The molecule has 1 atom stereocenters. The number of amides is 1. The van der Waals surface area contributed by atoms with Gasteiger partial charge in [0, 0.05) is 6.07 Å². The molecule has 3 rings (SSSR count). The summed E-state index contributed by atoms with van der Waals surface area (Å²) in [6.07, 6.45) is -0.778. The Morgan fingerprint density at radius 2 is 1.91 bits per heavy atom. The Hall–Kier alpha value is -2.89. The molecule has 0 unspecified atom stereocenters. The van der Waals surface area contributed by atoms with Crippen LogP contribution in [0.5, 0.6) is 23.0 Å². The van der Waals surface area contributed by atoms with Crippen LogP contribution in [0.2, 0.25) is 0 Å². The minimum Gasteiger partial charge on any atom is -0.497 e. The van der Waals surface area contributed by atoms with Gasteiger partial charge in [0.1, 0.15) is 24.7 Å². The summed E-state index contributed by atoms with van der Waals surface area (Å²) in [7, 11) is 1.63. The fourth-order valence-corrected chi connectivity index (χ4v) is 2.17. The molecule has 0 fully saturated rings. The van der Waals surface area contributed by atoms with Crippen LogP contribution in [-0.4, -0.2) is 25.7 Å². The molecule has 0 saturated carbocycles. The van der Waals surface area contributed by atoms with Crippen molar-refractivity contribution in [3.05, 3.63) is 48.0 Å². The van der Waals surface area contributed by atoms with Crippen molar-refractivity contribution in [2.45, 2.75) is 12.7 Å². The van der Waals surface area contributed by atoms with Crippen LogP contribution < -0.4 is 24.7 Å². The molecule has 0 aromatic heterocycles. The van der Waals surface area contributed by atoms with Crippen molar-refractivity contribution in [1.29, 1.82) is 0 Å². The summed E-state index contributed by atoms with van der Waals surface area (Å²) >= 11 is 0. The summed E-state index contributed by atoms with van der Waals surface area (Å²) in [5, 5.41) is 0. The van der Waals surface area contributed by atoms with Crippen LogP contribution in [0, 0.1) is 0 Å². The van der Waals surface area contributed by atoms with Crippen LogP contribution in [-0.2, 0) is 11.4 Å². The van der Waals surface area contributed by atoms with Crippen LogP contribution in [0.15, 0.2) is 42.5 Å². The quantitative estimate of drug-likeness (QED) is 0.911. The van der Waals surface area contributed by atoms with Gasteiger partial charge in [-0.05, 0) is 29.8 Å². The van der Waals surface area contributed by atoms with Crippen LogP contribution >= 0.6 is 0 Å². The second-order valence-corrected chi connectivity index (χ2v) is 5.07. The third kappa shape index (κ3) is 3.48. The van der Waals surface area contributed by atoms with Gasteiger partial charge in [-0.1, -0.05) is 12.1 Å². The molecule has 0 bridgehead atoms. The van der Waals surface area contributed by atoms with E-state index in [2.05, 4.69) is 0 Å². The third-order valence-electron chi connectivity index (χ3n) is 3.46. The molecule has 1 amide bonds. The Kier molecular flexibility index (Phi) is 4.23. The van der Waals surface area contributed by atoms with Crippen LogP contribution in [0.4, 0.5) is 0 Å². The Morgan fingerprint density at radius 3 is 2.61 bits per heavy atom. The zero-order chi connectivity index (χ0) is 16.2. The molecule has 1 heterocycles. The Labute approximate surface area is 133 Å². The van der Waals surface area contributed by atoms with Crippen molar-refractivity contribution in [2.24, 2.45) is 5.73 Å². The van der Waals surface area contributed by atoms with E-state index in [1.807, 2.05) is 24.3 Å². The van der Waals surface area contributed by atoms with E-state index in [-0.39, 0.29) is 6.61 Å². The number of rotatable bonds is 5. The molecule has 1 aliphatic rings. The third-order valence-corrected chi connectivity index (χ3v) is 3.46. The fraction of sp³-hybridized carbons (Fsp3) is 0.235. The Bertz CT molecular complexity index is 699. The SMILES string of the molecule is COc1ccc(COc2ccc3c(c2)O[C@@H](C(N)=O)CO3)cc1. The number of methoxy groups -OCH3 is 1. The van der Waals surface area contributed by atoms with Gasteiger partial charge in [0.05, 0.1) is 7.11 Å². The number of carbonyl (C=O) groups is 1. The van der Waals surface area contributed by atoms with Crippen molar-refractivity contribution >= 4 is 5.91 Å². The molecule has 0 saturated heterocycles. The van der Waals surface area contributed by atoms with E-state index in [1.165, 1.54) is 0 Å². The first-order chi connectivity index (χ1) is 11.2. The van der Waals surface area contributed by atoms with Gasteiger partial charge in [-0.3, -0.25) is 4.79 Å². The second-order valence-electron chi connectivity index (χ2n) is 5.07. The lowest BCUT2D eigenvalue weighted by Crippen LogP contribution is -2.40. The molecule has 120 valence electrons. The maximum absolute atomic E-state index is 11.2. The standard InChI is InChI=1S/C17H17NO5/c1-20-12-4-2-11(3-5-12)9-21-13-6-7-14-15(8-13)23-16(10-22-14)17(18)19/h2-8,16H,9-10H2,1H3,(H2,18,19)/t16-/m1/s1. The Balaban J connectivity index is 1.67. The molecule has 2 aromatic carbocycles. The summed E-state index contributed by atoms with van der Waals surface area (Å²) in [4.78, 5) is 11.2. The van der Waals surface area contributed by atoms with Crippen molar-refractivity contribution in [3.63, 3.8) is 0 Å². The monoisotopic (exact) mass is 315 g/mol. The Morgan fingerprint density at radius 1 is 1.17 bits per heavy atom. The van der Waals surface area contributed by atoms with E-state index in [0.717, 1.165) is 11.3 Å². The number of hydrogen-bond donors (Lipinski definition) is 1. The van der Waals surface area contributed by atoms with Gasteiger partial charge in [-0.15, -0.1) is 0 Å². The lowest BCUT2D eigenvalue weighted by molar-refractivity contribution is -0.127. The van der Waals surface area contributed by atoms with E-state index in [1.54, 1.807) is 25.3 Å². The van der Waals surface area contributed by atoms with Gasteiger partial charge >= 0.3 is 0 Å². The first-order valence-corrected chi connectivity index (χ1v) is 7.14. The highest BCUT2D eigenvalue weighted by Gasteiger charge is 2.25. The topological polar surface area (TPSA) is 80.0 Å². The van der Waals surface area contributed by atoms with E-state index in [4.69, 9.17) is 24.7 Å². The highest BCUT2D eigenvalue weighted by molar-refractivity contribution is 5.79. The molecule has 2 aromatic rings. The molecule has 6 heteroatoms. The second kappa shape index (κ2) is 6.48. The summed E-state index contributed by atoms with van der Waals surface area (Å²) < 4.78 is 21.8. The lowest BCUT2D eigenvalue weighted by Gasteiger charge is -2.24. The number of hydrogen-bond acceptors (Lipinski definition) is 5. The molecule has 2 N–H and O–H groups in total. The molecular formula is C17H17NO5.